The third kappa shape index (κ3) is 2.66. The number of imidazole rings is 1. The van der Waals surface area contributed by atoms with Gasteiger partial charge in [-0.1, -0.05) is 18.2 Å². The van der Waals surface area contributed by atoms with Crippen molar-refractivity contribution in [3.63, 3.8) is 0 Å². The molecule has 2 heterocycles. The van der Waals surface area contributed by atoms with E-state index in [0.717, 1.165) is 28.1 Å². The lowest BCUT2D eigenvalue weighted by Crippen LogP contribution is -2.30. The number of nitrogens with one attached hydrogen (secondary N) is 1. The Kier molecular flexibility index (Phi) is 3.68. The van der Waals surface area contributed by atoms with E-state index >= 15 is 0 Å². The standard InChI is InChI=1S/C16H19N5/c1-11-7-8-12(10-18-11)14(20-17)9-16-19-13-5-3-4-6-15(13)21(16)2/h3-8,10,14,20H,9,17H2,1-2H3. The zero-order valence-corrected chi connectivity index (χ0v) is 12.2. The zero-order chi connectivity index (χ0) is 14.8. The molecule has 1 atom stereocenters. The number of hydrogen-bond donors (Lipinski definition) is 2. The molecule has 1 unspecified atom stereocenters. The molecule has 0 radical (unpaired) electrons. The van der Waals surface area contributed by atoms with Crippen LogP contribution in [0.15, 0.2) is 42.6 Å². The fraction of sp³-hybridized carbons (Fsp3) is 0.250. The van der Waals surface area contributed by atoms with Gasteiger partial charge < -0.3 is 4.57 Å². The predicted octanol–water partition coefficient (Wildman–Crippen LogP) is 2.02. The lowest BCUT2D eigenvalue weighted by atomic mass is 10.1. The smallest absolute Gasteiger partial charge is 0.111 e. The molecule has 0 aliphatic heterocycles. The van der Waals surface area contributed by atoms with E-state index in [2.05, 4.69) is 27.1 Å². The highest BCUT2D eigenvalue weighted by Gasteiger charge is 2.15. The van der Waals surface area contributed by atoms with Crippen molar-refractivity contribution in [3.05, 3.63) is 59.7 Å². The van der Waals surface area contributed by atoms with Gasteiger partial charge in [-0.15, -0.1) is 0 Å². The SMILES string of the molecule is Cc1ccc(C(Cc2nc3ccccc3n2C)NN)cn1. The maximum absolute atomic E-state index is 5.72. The van der Waals surface area contributed by atoms with Crippen LogP contribution in [-0.4, -0.2) is 14.5 Å². The third-order valence-electron chi connectivity index (χ3n) is 3.80. The van der Waals surface area contributed by atoms with Crippen molar-refractivity contribution in [3.8, 4) is 0 Å². The predicted molar refractivity (Wildman–Crippen MR) is 83.5 cm³/mol. The average Bonchev–Trinajstić information content (AvgIpc) is 2.83. The number of fused-ring (bicyclic) bond motifs is 1. The fourth-order valence-electron chi connectivity index (χ4n) is 2.52. The van der Waals surface area contributed by atoms with Crippen LogP contribution in [0, 0.1) is 6.92 Å². The molecule has 3 N–H and O–H groups in total. The highest BCUT2D eigenvalue weighted by atomic mass is 15.2. The minimum Gasteiger partial charge on any atom is -0.331 e. The summed E-state index contributed by atoms with van der Waals surface area (Å²) in [5.41, 5.74) is 7.06. The van der Waals surface area contributed by atoms with Crippen molar-refractivity contribution >= 4 is 11.0 Å². The van der Waals surface area contributed by atoms with Crippen LogP contribution < -0.4 is 11.3 Å². The Bertz CT molecular complexity index is 745. The van der Waals surface area contributed by atoms with Crippen LogP contribution in [0.4, 0.5) is 0 Å². The monoisotopic (exact) mass is 281 g/mol. The Balaban J connectivity index is 1.92. The first-order valence-electron chi connectivity index (χ1n) is 6.98. The number of nitrogens with zero attached hydrogens (tertiary/aromatic N) is 3. The summed E-state index contributed by atoms with van der Waals surface area (Å²) in [4.78, 5) is 9.02. The van der Waals surface area contributed by atoms with Crippen LogP contribution in [-0.2, 0) is 13.5 Å². The Morgan fingerprint density at radius 1 is 1.24 bits per heavy atom. The van der Waals surface area contributed by atoms with Crippen molar-refractivity contribution in [1.29, 1.82) is 0 Å². The highest BCUT2D eigenvalue weighted by molar-refractivity contribution is 5.75. The summed E-state index contributed by atoms with van der Waals surface area (Å²) in [6.45, 7) is 1.97. The lowest BCUT2D eigenvalue weighted by molar-refractivity contribution is 0.530. The second-order valence-electron chi connectivity index (χ2n) is 5.23. The minimum atomic E-state index is -0.00591. The summed E-state index contributed by atoms with van der Waals surface area (Å²) in [7, 11) is 2.03. The molecule has 3 aromatic rings. The van der Waals surface area contributed by atoms with Gasteiger partial charge in [0.1, 0.15) is 5.82 Å². The first kappa shape index (κ1) is 13.7. The molecule has 0 spiro atoms. The van der Waals surface area contributed by atoms with Gasteiger partial charge in [-0.2, -0.15) is 0 Å². The van der Waals surface area contributed by atoms with Crippen molar-refractivity contribution in [2.75, 3.05) is 0 Å². The van der Waals surface area contributed by atoms with Gasteiger partial charge in [-0.05, 0) is 30.7 Å². The van der Waals surface area contributed by atoms with E-state index < -0.39 is 0 Å². The van der Waals surface area contributed by atoms with Crippen molar-refractivity contribution in [2.24, 2.45) is 12.9 Å². The second-order valence-corrected chi connectivity index (χ2v) is 5.23. The minimum absolute atomic E-state index is 0.00591. The van der Waals surface area contributed by atoms with Gasteiger partial charge in [-0.25, -0.2) is 4.98 Å². The quantitative estimate of drug-likeness (QED) is 0.567. The molecule has 2 aromatic heterocycles. The molecule has 108 valence electrons. The van der Waals surface area contributed by atoms with Crippen LogP contribution >= 0.6 is 0 Å². The van der Waals surface area contributed by atoms with Crippen molar-refractivity contribution in [2.45, 2.75) is 19.4 Å². The summed E-state index contributed by atoms with van der Waals surface area (Å²) < 4.78 is 2.11. The van der Waals surface area contributed by atoms with Gasteiger partial charge >= 0.3 is 0 Å². The van der Waals surface area contributed by atoms with Crippen LogP contribution in [0.25, 0.3) is 11.0 Å². The molecular formula is C16H19N5. The summed E-state index contributed by atoms with van der Waals surface area (Å²) in [5.74, 6) is 6.72. The highest BCUT2D eigenvalue weighted by Crippen LogP contribution is 2.20. The summed E-state index contributed by atoms with van der Waals surface area (Å²) in [6.07, 6.45) is 2.58. The Hall–Kier alpha value is -2.24. The molecule has 0 saturated heterocycles. The molecule has 0 bridgehead atoms. The van der Waals surface area contributed by atoms with Crippen molar-refractivity contribution < 1.29 is 0 Å². The van der Waals surface area contributed by atoms with E-state index in [9.17, 15) is 0 Å². The van der Waals surface area contributed by atoms with Crippen LogP contribution in [0.2, 0.25) is 0 Å². The number of pyridine rings is 1. The molecular weight excluding hydrogens is 262 g/mol. The second kappa shape index (κ2) is 5.63. The number of hydrazine groups is 1. The normalized spacial score (nSPS) is 12.7. The van der Waals surface area contributed by atoms with Gasteiger partial charge in [0.05, 0.1) is 17.1 Å². The molecule has 0 aliphatic carbocycles. The number of hydrogen-bond acceptors (Lipinski definition) is 4. The molecule has 5 heteroatoms. The van der Waals surface area contributed by atoms with E-state index in [1.165, 1.54) is 0 Å². The fourth-order valence-corrected chi connectivity index (χ4v) is 2.52. The number of rotatable bonds is 4. The molecule has 3 rings (SSSR count). The number of nitrogens with two attached hydrogens (primary N) is 1. The number of aryl methyl sites for hydroxylation is 2. The molecule has 5 nitrogen and oxygen atoms in total. The molecule has 0 fully saturated rings. The Labute approximate surface area is 123 Å². The first-order chi connectivity index (χ1) is 10.2. The number of aromatic nitrogens is 3. The molecule has 21 heavy (non-hydrogen) atoms. The third-order valence-corrected chi connectivity index (χ3v) is 3.80. The van der Waals surface area contributed by atoms with Crippen LogP contribution in [0.5, 0.6) is 0 Å². The maximum Gasteiger partial charge on any atom is 0.111 e. The molecule has 0 aliphatic rings. The zero-order valence-electron chi connectivity index (χ0n) is 12.2. The largest absolute Gasteiger partial charge is 0.331 e. The van der Waals surface area contributed by atoms with Crippen LogP contribution in [0.3, 0.4) is 0 Å². The van der Waals surface area contributed by atoms with Gasteiger partial charge in [-0.3, -0.25) is 16.3 Å². The van der Waals surface area contributed by atoms with E-state index in [1.807, 2.05) is 44.4 Å². The molecule has 0 amide bonds. The number of benzene rings is 1. The Morgan fingerprint density at radius 2 is 2.05 bits per heavy atom. The molecule has 1 aromatic carbocycles. The van der Waals surface area contributed by atoms with Crippen LogP contribution in [0.1, 0.15) is 23.1 Å². The van der Waals surface area contributed by atoms with Crippen molar-refractivity contribution in [1.82, 2.24) is 20.0 Å². The Morgan fingerprint density at radius 3 is 2.71 bits per heavy atom. The van der Waals surface area contributed by atoms with E-state index in [-0.39, 0.29) is 6.04 Å². The summed E-state index contributed by atoms with van der Waals surface area (Å²) in [6, 6.07) is 12.2. The summed E-state index contributed by atoms with van der Waals surface area (Å²) >= 11 is 0. The van der Waals surface area contributed by atoms with Gasteiger partial charge in [0.25, 0.3) is 0 Å². The van der Waals surface area contributed by atoms with E-state index in [0.29, 0.717) is 6.42 Å². The van der Waals surface area contributed by atoms with Gasteiger partial charge in [0.15, 0.2) is 0 Å². The lowest BCUT2D eigenvalue weighted by Gasteiger charge is -2.16. The summed E-state index contributed by atoms with van der Waals surface area (Å²) in [5, 5.41) is 0. The van der Waals surface area contributed by atoms with E-state index in [1.54, 1.807) is 0 Å². The van der Waals surface area contributed by atoms with E-state index in [4.69, 9.17) is 10.8 Å². The molecule has 0 saturated carbocycles. The average molecular weight is 281 g/mol. The topological polar surface area (TPSA) is 68.8 Å². The van der Waals surface area contributed by atoms with Gasteiger partial charge in [0, 0.05) is 25.4 Å². The number of para-hydroxylation sites is 2. The maximum atomic E-state index is 5.72. The van der Waals surface area contributed by atoms with Gasteiger partial charge in [0.2, 0.25) is 0 Å². The first-order valence-corrected chi connectivity index (χ1v) is 6.98.